The first-order valence-electron chi connectivity index (χ1n) is 8.48. The largest absolute Gasteiger partial charge is 0.490 e. The van der Waals surface area contributed by atoms with Crippen LogP contribution < -0.4 is 15.4 Å². The highest BCUT2D eigenvalue weighted by molar-refractivity contribution is 5.74. The molecule has 3 rings (SSSR count). The van der Waals surface area contributed by atoms with Crippen molar-refractivity contribution in [2.45, 2.75) is 32.9 Å². The number of hydrogen-bond donors (Lipinski definition) is 2. The van der Waals surface area contributed by atoms with Crippen molar-refractivity contribution in [3.63, 3.8) is 0 Å². The van der Waals surface area contributed by atoms with Crippen LogP contribution >= 0.6 is 0 Å². The van der Waals surface area contributed by atoms with E-state index in [0.29, 0.717) is 25.1 Å². The number of benzene rings is 1. The zero-order valence-electron chi connectivity index (χ0n) is 14.5. The molecule has 0 radical (unpaired) electrons. The predicted octanol–water partition coefficient (Wildman–Crippen LogP) is 2.79. The Labute approximate surface area is 146 Å². The normalized spacial score (nSPS) is 17.3. The Kier molecular flexibility index (Phi) is 5.21. The zero-order chi connectivity index (χ0) is 17.8. The SMILES string of the molecule is Cc1nccn1C[C@@H](C)CNC(=O)N[C@H]1CCOc2c(F)cccc21. The highest BCUT2D eigenvalue weighted by atomic mass is 19.1. The van der Waals surface area contributed by atoms with E-state index in [1.807, 2.05) is 13.1 Å². The average molecular weight is 346 g/mol. The van der Waals surface area contributed by atoms with Crippen LogP contribution in [0, 0.1) is 18.7 Å². The number of aromatic nitrogens is 2. The summed E-state index contributed by atoms with van der Waals surface area (Å²) >= 11 is 0. The van der Waals surface area contributed by atoms with Crippen LogP contribution in [0.4, 0.5) is 9.18 Å². The molecular weight excluding hydrogens is 323 g/mol. The zero-order valence-corrected chi connectivity index (χ0v) is 14.5. The number of rotatable bonds is 5. The molecule has 6 nitrogen and oxygen atoms in total. The van der Waals surface area contributed by atoms with Crippen molar-refractivity contribution in [2.24, 2.45) is 5.92 Å². The Balaban J connectivity index is 1.52. The number of nitrogens with zero attached hydrogens (tertiary/aromatic N) is 2. The number of carbonyl (C=O) groups excluding carboxylic acids is 1. The van der Waals surface area contributed by atoms with Crippen molar-refractivity contribution in [3.8, 4) is 5.75 Å². The van der Waals surface area contributed by atoms with Gasteiger partial charge in [-0.15, -0.1) is 0 Å². The molecule has 0 unspecified atom stereocenters. The summed E-state index contributed by atoms with van der Waals surface area (Å²) in [6.07, 6.45) is 4.32. The van der Waals surface area contributed by atoms with Gasteiger partial charge in [-0.3, -0.25) is 0 Å². The molecule has 0 saturated heterocycles. The summed E-state index contributed by atoms with van der Waals surface area (Å²) < 4.78 is 21.2. The Bertz CT molecular complexity index is 746. The van der Waals surface area contributed by atoms with Crippen molar-refractivity contribution in [1.82, 2.24) is 20.2 Å². The van der Waals surface area contributed by atoms with Gasteiger partial charge in [0.25, 0.3) is 0 Å². The highest BCUT2D eigenvalue weighted by Crippen LogP contribution is 2.33. The molecule has 0 spiro atoms. The molecule has 0 saturated carbocycles. The Morgan fingerprint density at radius 3 is 3.12 bits per heavy atom. The number of fused-ring (bicyclic) bond motifs is 1. The minimum Gasteiger partial charge on any atom is -0.490 e. The van der Waals surface area contributed by atoms with Crippen LogP contribution in [0.2, 0.25) is 0 Å². The van der Waals surface area contributed by atoms with Gasteiger partial charge in [-0.05, 0) is 18.9 Å². The topological polar surface area (TPSA) is 68.2 Å². The standard InChI is InChI=1S/C18H23FN4O2/c1-12(11-23-8-7-20-13(23)2)10-21-18(24)22-16-6-9-25-17-14(16)4-3-5-15(17)19/h3-5,7-8,12,16H,6,9-11H2,1-2H3,(H2,21,22,24)/t12-,16-/m0/s1. The van der Waals surface area contributed by atoms with E-state index in [-0.39, 0.29) is 23.7 Å². The fraction of sp³-hybridized carbons (Fsp3) is 0.444. The van der Waals surface area contributed by atoms with E-state index in [2.05, 4.69) is 27.1 Å². The number of aryl methyl sites for hydroxylation is 1. The van der Waals surface area contributed by atoms with Gasteiger partial charge in [0.05, 0.1) is 12.6 Å². The molecule has 2 N–H and O–H groups in total. The molecule has 0 bridgehead atoms. The predicted molar refractivity (Wildman–Crippen MR) is 91.9 cm³/mol. The number of carbonyl (C=O) groups is 1. The molecule has 134 valence electrons. The molecule has 2 heterocycles. The fourth-order valence-corrected chi connectivity index (χ4v) is 3.01. The third kappa shape index (κ3) is 4.10. The second-order valence-corrected chi connectivity index (χ2v) is 6.43. The fourth-order valence-electron chi connectivity index (χ4n) is 3.01. The van der Waals surface area contributed by atoms with Crippen LogP contribution in [-0.4, -0.2) is 28.7 Å². The van der Waals surface area contributed by atoms with Crippen LogP contribution in [0.1, 0.15) is 30.8 Å². The lowest BCUT2D eigenvalue weighted by atomic mass is 10.0. The van der Waals surface area contributed by atoms with Crippen molar-refractivity contribution < 1.29 is 13.9 Å². The first-order chi connectivity index (χ1) is 12.0. The lowest BCUT2D eigenvalue weighted by Crippen LogP contribution is -2.41. The van der Waals surface area contributed by atoms with Gasteiger partial charge in [0, 0.05) is 37.5 Å². The van der Waals surface area contributed by atoms with Gasteiger partial charge in [0.15, 0.2) is 11.6 Å². The molecule has 25 heavy (non-hydrogen) atoms. The molecule has 2 aromatic rings. The van der Waals surface area contributed by atoms with Gasteiger partial charge in [-0.2, -0.15) is 0 Å². The van der Waals surface area contributed by atoms with Gasteiger partial charge in [0.2, 0.25) is 0 Å². The second-order valence-electron chi connectivity index (χ2n) is 6.43. The minimum absolute atomic E-state index is 0.239. The van der Waals surface area contributed by atoms with E-state index in [1.54, 1.807) is 18.3 Å². The Hall–Kier alpha value is -2.57. The van der Waals surface area contributed by atoms with Crippen molar-refractivity contribution in [1.29, 1.82) is 0 Å². The number of urea groups is 1. The van der Waals surface area contributed by atoms with E-state index in [9.17, 15) is 9.18 Å². The van der Waals surface area contributed by atoms with E-state index in [1.165, 1.54) is 6.07 Å². The van der Waals surface area contributed by atoms with Crippen LogP contribution in [-0.2, 0) is 6.54 Å². The van der Waals surface area contributed by atoms with Crippen molar-refractivity contribution in [2.75, 3.05) is 13.2 Å². The lowest BCUT2D eigenvalue weighted by Gasteiger charge is -2.27. The Morgan fingerprint density at radius 1 is 1.52 bits per heavy atom. The van der Waals surface area contributed by atoms with Gasteiger partial charge in [-0.1, -0.05) is 19.1 Å². The minimum atomic E-state index is -0.395. The first kappa shape index (κ1) is 17.3. The molecular formula is C18H23FN4O2. The Morgan fingerprint density at radius 2 is 2.36 bits per heavy atom. The smallest absolute Gasteiger partial charge is 0.315 e. The maximum absolute atomic E-state index is 13.8. The molecule has 1 aliphatic rings. The number of ether oxygens (including phenoxy) is 1. The number of halogens is 1. The van der Waals surface area contributed by atoms with Gasteiger partial charge in [-0.25, -0.2) is 14.2 Å². The number of nitrogens with one attached hydrogen (secondary N) is 2. The first-order valence-corrected chi connectivity index (χ1v) is 8.48. The highest BCUT2D eigenvalue weighted by Gasteiger charge is 2.25. The molecule has 7 heteroatoms. The molecule has 2 atom stereocenters. The summed E-state index contributed by atoms with van der Waals surface area (Å²) in [5, 5.41) is 5.80. The number of para-hydroxylation sites is 1. The number of imidazole rings is 1. The average Bonchev–Trinajstić information content (AvgIpc) is 2.99. The molecule has 0 fully saturated rings. The van der Waals surface area contributed by atoms with Gasteiger partial charge >= 0.3 is 6.03 Å². The summed E-state index contributed by atoms with van der Waals surface area (Å²) in [7, 11) is 0. The maximum atomic E-state index is 13.8. The van der Waals surface area contributed by atoms with E-state index in [4.69, 9.17) is 4.74 Å². The monoisotopic (exact) mass is 346 g/mol. The van der Waals surface area contributed by atoms with Crippen LogP contribution in [0.25, 0.3) is 0 Å². The quantitative estimate of drug-likeness (QED) is 0.875. The molecule has 1 aromatic carbocycles. The van der Waals surface area contributed by atoms with Gasteiger partial charge < -0.3 is 19.9 Å². The van der Waals surface area contributed by atoms with Crippen LogP contribution in [0.5, 0.6) is 5.75 Å². The van der Waals surface area contributed by atoms with Crippen LogP contribution in [0.3, 0.4) is 0 Å². The number of hydrogen-bond acceptors (Lipinski definition) is 3. The molecule has 2 amide bonds. The summed E-state index contributed by atoms with van der Waals surface area (Å²) in [4.78, 5) is 16.4. The van der Waals surface area contributed by atoms with Crippen LogP contribution in [0.15, 0.2) is 30.6 Å². The van der Waals surface area contributed by atoms with Crippen molar-refractivity contribution >= 4 is 6.03 Å². The van der Waals surface area contributed by atoms with E-state index < -0.39 is 5.82 Å². The van der Waals surface area contributed by atoms with Crippen molar-refractivity contribution in [3.05, 3.63) is 47.8 Å². The third-order valence-corrected chi connectivity index (χ3v) is 4.37. The summed E-state index contributed by atoms with van der Waals surface area (Å²) in [5.74, 6) is 1.06. The lowest BCUT2D eigenvalue weighted by molar-refractivity contribution is 0.218. The molecule has 0 aliphatic carbocycles. The van der Waals surface area contributed by atoms with Gasteiger partial charge in [0.1, 0.15) is 5.82 Å². The second kappa shape index (κ2) is 7.55. The summed E-state index contributed by atoms with van der Waals surface area (Å²) in [6, 6.07) is 4.28. The van der Waals surface area contributed by atoms with E-state index in [0.717, 1.165) is 12.4 Å². The summed E-state index contributed by atoms with van der Waals surface area (Å²) in [5.41, 5.74) is 0.684. The van der Waals surface area contributed by atoms with E-state index >= 15 is 0 Å². The molecule has 1 aliphatic heterocycles. The number of amides is 2. The third-order valence-electron chi connectivity index (χ3n) is 4.37. The maximum Gasteiger partial charge on any atom is 0.315 e. The summed E-state index contributed by atoms with van der Waals surface area (Å²) in [6.45, 7) is 5.74. The molecule has 1 aromatic heterocycles.